The van der Waals surface area contributed by atoms with Gasteiger partial charge in [-0.15, -0.1) is 11.3 Å². The molecule has 3 heterocycles. The number of likely N-dealkylation sites (tertiary alicyclic amines) is 2. The molecule has 0 spiro atoms. The molecule has 2 fully saturated rings. The molecule has 0 unspecified atom stereocenters. The number of aliphatic hydroxyl groups excluding tert-OH is 1. The summed E-state index contributed by atoms with van der Waals surface area (Å²) in [7, 11) is 0. The van der Waals surface area contributed by atoms with Crippen LogP contribution in [0.5, 0.6) is 5.75 Å². The third-order valence-corrected chi connectivity index (χ3v) is 13.6. The van der Waals surface area contributed by atoms with Gasteiger partial charge in [-0.1, -0.05) is 71.0 Å². The summed E-state index contributed by atoms with van der Waals surface area (Å²) in [6.07, 6.45) is 1.96. The Bertz CT molecular complexity index is 2230. The number of primary amides is 1. The molecule has 18 heteroatoms. The lowest BCUT2D eigenvalue weighted by Gasteiger charge is -2.35. The molecular formula is C50H71FN8O8S. The third-order valence-electron chi connectivity index (χ3n) is 12.6. The minimum absolute atomic E-state index is 0.0487. The number of hydrogen-bond acceptors (Lipinski definition) is 11. The van der Waals surface area contributed by atoms with Crippen molar-refractivity contribution >= 4 is 46.8 Å². The van der Waals surface area contributed by atoms with Gasteiger partial charge in [0.1, 0.15) is 24.7 Å². The molecule has 2 aliphatic rings. The summed E-state index contributed by atoms with van der Waals surface area (Å²) in [5.41, 5.74) is 15.8. The number of nitrogens with one attached hydrogen (secondary N) is 3. The van der Waals surface area contributed by atoms with Crippen LogP contribution in [0.1, 0.15) is 122 Å². The first-order valence-corrected chi connectivity index (χ1v) is 24.7. The number of β-amino-alcohol motifs (C(OH)–C–C–N with tert-alkyl or cyclic N) is 1. The van der Waals surface area contributed by atoms with Gasteiger partial charge in [-0.3, -0.25) is 28.8 Å². The number of benzene rings is 2. The average Bonchev–Trinajstić information content (AvgIpc) is 4.05. The van der Waals surface area contributed by atoms with Gasteiger partial charge in [0, 0.05) is 32.4 Å². The Kier molecular flexibility index (Phi) is 19.0. The molecular weight excluding hydrogens is 892 g/mol. The molecule has 8 N–H and O–H groups in total. The number of nitrogens with two attached hydrogens (primary N) is 2. The number of carbonyl (C=O) groups is 6. The van der Waals surface area contributed by atoms with Crippen molar-refractivity contribution in [2.75, 3.05) is 19.7 Å². The van der Waals surface area contributed by atoms with E-state index in [1.54, 1.807) is 29.0 Å². The van der Waals surface area contributed by atoms with Gasteiger partial charge in [0.2, 0.25) is 35.4 Å². The van der Waals surface area contributed by atoms with Crippen molar-refractivity contribution < 1.29 is 43.0 Å². The fourth-order valence-electron chi connectivity index (χ4n) is 8.84. The van der Waals surface area contributed by atoms with Crippen LogP contribution in [0, 0.1) is 24.1 Å². The van der Waals surface area contributed by atoms with E-state index in [0.717, 1.165) is 21.7 Å². The van der Waals surface area contributed by atoms with Gasteiger partial charge < -0.3 is 47.1 Å². The normalized spacial score (nSPS) is 19.0. The minimum atomic E-state index is -0.994. The van der Waals surface area contributed by atoms with Gasteiger partial charge in [-0.2, -0.15) is 0 Å². The standard InChI is InChI=1S/C50H71FN8O8S/c1-29(2)24-37(52)48(65)58-23-11-14-38(58)46(63)56-35(21-22-41(53)61)27-67-40-15-10-13-33(43(40)51)12-8-9-16-42(62)57-45(50(5,6)7)49(66)59-26-36(60)25-39(59)47(64)55-30(3)32-17-19-34(20-18-32)44-31(4)54-28-68-44/h10,13,15,17-20,28-30,35-39,45,60H,8-9,11-12,14,16,21-27,52H2,1-7H3,(H2,53,61)(H,55,64)(H,56,63)(H,57,62)/t30-,35-,36+,37-,38-,39-,45+/m0/s1. The number of hydrogen-bond donors (Lipinski definition) is 6. The summed E-state index contributed by atoms with van der Waals surface area (Å²) < 4.78 is 21.7. The van der Waals surface area contributed by atoms with Crippen LogP contribution < -0.4 is 32.2 Å². The molecule has 7 atom stereocenters. The van der Waals surface area contributed by atoms with Gasteiger partial charge in [-0.25, -0.2) is 9.37 Å². The van der Waals surface area contributed by atoms with E-state index in [2.05, 4.69) is 20.9 Å². The molecule has 372 valence electrons. The van der Waals surface area contributed by atoms with Crippen LogP contribution >= 0.6 is 11.3 Å². The molecule has 0 radical (unpaired) electrons. The molecule has 2 aliphatic heterocycles. The predicted molar refractivity (Wildman–Crippen MR) is 258 cm³/mol. The number of amides is 6. The van der Waals surface area contributed by atoms with Crippen molar-refractivity contribution in [1.29, 1.82) is 0 Å². The van der Waals surface area contributed by atoms with Crippen LogP contribution in [0.2, 0.25) is 0 Å². The SMILES string of the molecule is Cc1ncsc1-c1ccc([C@H](C)NC(=O)[C@@H]2C[C@@H](O)CN2C(=O)[C@@H](NC(=O)CCCCc2cccc(OC[C@H](CCC(N)=O)NC(=O)[C@@H]3CCCN3C(=O)[C@@H](N)CC(C)C)c2F)C(C)(C)C)cc1. The first kappa shape index (κ1) is 53.5. The average molecular weight is 963 g/mol. The molecule has 16 nitrogen and oxygen atoms in total. The van der Waals surface area contributed by atoms with E-state index in [0.29, 0.717) is 44.2 Å². The number of halogens is 1. The minimum Gasteiger partial charge on any atom is -0.488 e. The zero-order chi connectivity index (χ0) is 49.9. The largest absolute Gasteiger partial charge is 0.488 e. The lowest BCUT2D eigenvalue weighted by atomic mass is 9.85. The fourth-order valence-corrected chi connectivity index (χ4v) is 9.65. The molecule has 0 bridgehead atoms. The zero-order valence-electron chi connectivity index (χ0n) is 40.5. The molecule has 3 aromatic rings. The molecule has 1 aromatic heterocycles. The molecule has 2 aromatic carbocycles. The van der Waals surface area contributed by atoms with E-state index < -0.39 is 71.2 Å². The van der Waals surface area contributed by atoms with Crippen molar-refractivity contribution in [3.8, 4) is 16.2 Å². The number of rotatable bonds is 22. The monoisotopic (exact) mass is 963 g/mol. The fraction of sp³-hybridized carbons (Fsp3) is 0.580. The molecule has 6 amide bonds. The maximum Gasteiger partial charge on any atom is 0.246 e. The van der Waals surface area contributed by atoms with Crippen LogP contribution in [0.4, 0.5) is 4.39 Å². The van der Waals surface area contributed by atoms with Gasteiger partial charge in [-0.05, 0) is 92.9 Å². The first-order chi connectivity index (χ1) is 32.1. The highest BCUT2D eigenvalue weighted by molar-refractivity contribution is 7.13. The summed E-state index contributed by atoms with van der Waals surface area (Å²) in [4.78, 5) is 87.8. The van der Waals surface area contributed by atoms with E-state index in [-0.39, 0.29) is 74.8 Å². The van der Waals surface area contributed by atoms with E-state index in [9.17, 15) is 33.9 Å². The van der Waals surface area contributed by atoms with E-state index in [1.165, 1.54) is 15.9 Å². The van der Waals surface area contributed by atoms with Crippen LogP contribution in [0.25, 0.3) is 10.4 Å². The zero-order valence-corrected chi connectivity index (χ0v) is 41.3. The summed E-state index contributed by atoms with van der Waals surface area (Å²) in [5.74, 6) is -2.95. The predicted octanol–water partition coefficient (Wildman–Crippen LogP) is 4.83. The third kappa shape index (κ3) is 14.5. The number of unbranched alkanes of at least 4 members (excludes halogenated alkanes) is 1. The van der Waals surface area contributed by atoms with Crippen molar-refractivity contribution in [1.82, 2.24) is 30.7 Å². The highest BCUT2D eigenvalue weighted by atomic mass is 32.1. The van der Waals surface area contributed by atoms with Gasteiger partial charge in [0.15, 0.2) is 11.6 Å². The van der Waals surface area contributed by atoms with Crippen LogP contribution in [0.15, 0.2) is 48.0 Å². The van der Waals surface area contributed by atoms with E-state index >= 15 is 4.39 Å². The highest BCUT2D eigenvalue weighted by Crippen LogP contribution is 2.30. The number of thiazole rings is 1. The number of aryl methyl sites for hydroxylation is 2. The van der Waals surface area contributed by atoms with Crippen molar-refractivity contribution in [2.24, 2.45) is 22.8 Å². The second kappa shape index (κ2) is 24.2. The number of carbonyl (C=O) groups excluding carboxylic acids is 6. The quantitative estimate of drug-likeness (QED) is 0.0750. The number of aliphatic hydroxyl groups is 1. The Morgan fingerprint density at radius 1 is 0.941 bits per heavy atom. The second-order valence-corrected chi connectivity index (χ2v) is 20.6. The second-order valence-electron chi connectivity index (χ2n) is 19.8. The molecule has 0 aliphatic carbocycles. The van der Waals surface area contributed by atoms with Crippen LogP contribution in [0.3, 0.4) is 0 Å². The topological polar surface area (TPSA) is 239 Å². The van der Waals surface area contributed by atoms with Gasteiger partial charge in [0.25, 0.3) is 0 Å². The van der Waals surface area contributed by atoms with Crippen molar-refractivity contribution in [3.63, 3.8) is 0 Å². The van der Waals surface area contributed by atoms with Crippen molar-refractivity contribution in [3.05, 3.63) is 70.6 Å². The lowest BCUT2D eigenvalue weighted by Crippen LogP contribution is -2.57. The van der Waals surface area contributed by atoms with Crippen LogP contribution in [-0.4, -0.2) is 111 Å². The van der Waals surface area contributed by atoms with E-state index in [4.69, 9.17) is 16.2 Å². The maximum atomic E-state index is 15.8. The number of ether oxygens (including phenoxy) is 1. The Hall–Kier alpha value is -5.46. The first-order valence-electron chi connectivity index (χ1n) is 23.8. The number of nitrogens with zero attached hydrogens (tertiary/aromatic N) is 3. The van der Waals surface area contributed by atoms with Gasteiger partial charge in [0.05, 0.1) is 40.3 Å². The summed E-state index contributed by atoms with van der Waals surface area (Å²) >= 11 is 1.56. The summed E-state index contributed by atoms with van der Waals surface area (Å²) in [5, 5.41) is 19.5. The number of aromatic nitrogens is 1. The summed E-state index contributed by atoms with van der Waals surface area (Å²) in [6.45, 7) is 13.4. The Morgan fingerprint density at radius 2 is 1.65 bits per heavy atom. The molecule has 5 rings (SSSR count). The van der Waals surface area contributed by atoms with E-state index in [1.807, 2.05) is 72.7 Å². The smallest absolute Gasteiger partial charge is 0.246 e. The van der Waals surface area contributed by atoms with Gasteiger partial charge >= 0.3 is 0 Å². The van der Waals surface area contributed by atoms with Crippen molar-refractivity contribution in [2.45, 2.75) is 155 Å². The molecule has 0 saturated carbocycles. The Morgan fingerprint density at radius 3 is 2.29 bits per heavy atom. The lowest BCUT2D eigenvalue weighted by molar-refractivity contribution is -0.144. The highest BCUT2D eigenvalue weighted by Gasteiger charge is 2.45. The molecule has 68 heavy (non-hydrogen) atoms. The Balaban J connectivity index is 1.13. The summed E-state index contributed by atoms with van der Waals surface area (Å²) in [6, 6.07) is 8.12. The Labute approximate surface area is 403 Å². The van der Waals surface area contributed by atoms with Crippen LogP contribution in [-0.2, 0) is 35.2 Å². The maximum absolute atomic E-state index is 15.8. The molecule has 2 saturated heterocycles.